The first kappa shape index (κ1) is 16.2. The van der Waals surface area contributed by atoms with Crippen LogP contribution in [0.1, 0.15) is 37.0 Å². The first-order chi connectivity index (χ1) is 10.6. The van der Waals surface area contributed by atoms with Crippen molar-refractivity contribution in [1.29, 1.82) is 0 Å². The molecule has 2 aromatic rings. The van der Waals surface area contributed by atoms with Gasteiger partial charge in [0.05, 0.1) is 5.56 Å². The summed E-state index contributed by atoms with van der Waals surface area (Å²) < 4.78 is 0. The van der Waals surface area contributed by atoms with Crippen molar-refractivity contribution < 1.29 is 14.7 Å². The molecule has 1 aromatic carbocycles. The quantitative estimate of drug-likeness (QED) is 0.825. The number of carboxylic acids is 1. The van der Waals surface area contributed by atoms with Crippen LogP contribution in [0.15, 0.2) is 36.4 Å². The Hall–Kier alpha value is -2.14. The van der Waals surface area contributed by atoms with Crippen LogP contribution in [0.25, 0.3) is 10.4 Å². The molecule has 0 aliphatic heterocycles. The van der Waals surface area contributed by atoms with Crippen molar-refractivity contribution in [3.05, 3.63) is 42.0 Å². The van der Waals surface area contributed by atoms with Gasteiger partial charge in [0, 0.05) is 10.8 Å². The molecule has 0 atom stereocenters. The zero-order valence-corrected chi connectivity index (χ0v) is 13.4. The highest BCUT2D eigenvalue weighted by molar-refractivity contribution is 7.20. The number of hydrogen-bond donors (Lipinski definition) is 2. The molecule has 0 spiro atoms. The number of nitrogens with one attached hydrogen (secondary N) is 1. The fourth-order valence-corrected chi connectivity index (χ4v) is 3.32. The van der Waals surface area contributed by atoms with Crippen LogP contribution in [0, 0.1) is 5.92 Å². The number of thiophene rings is 1. The van der Waals surface area contributed by atoms with E-state index in [0.717, 1.165) is 23.3 Å². The van der Waals surface area contributed by atoms with Crippen LogP contribution in [0.5, 0.6) is 0 Å². The summed E-state index contributed by atoms with van der Waals surface area (Å²) in [6.45, 7) is 3.91. The molecule has 0 unspecified atom stereocenters. The Morgan fingerprint density at radius 3 is 2.36 bits per heavy atom. The Labute approximate surface area is 133 Å². The molecule has 0 fully saturated rings. The first-order valence-corrected chi connectivity index (χ1v) is 8.11. The minimum atomic E-state index is -1.03. The summed E-state index contributed by atoms with van der Waals surface area (Å²) in [5, 5.41) is 12.5. The number of hydrogen-bond acceptors (Lipinski definition) is 3. The van der Waals surface area contributed by atoms with E-state index < -0.39 is 5.97 Å². The maximum atomic E-state index is 12.2. The molecule has 4 nitrogen and oxygen atoms in total. The lowest BCUT2D eigenvalue weighted by Crippen LogP contribution is -2.22. The van der Waals surface area contributed by atoms with Gasteiger partial charge in [0.25, 0.3) is 0 Å². The van der Waals surface area contributed by atoms with Crippen LogP contribution < -0.4 is 5.32 Å². The minimum absolute atomic E-state index is 0.0936. The Morgan fingerprint density at radius 1 is 1.18 bits per heavy atom. The number of carbonyl (C=O) groups excluding carboxylic acids is 1. The van der Waals surface area contributed by atoms with Crippen molar-refractivity contribution in [3.63, 3.8) is 0 Å². The molecule has 1 heterocycles. The lowest BCUT2D eigenvalue weighted by Gasteiger charge is -2.11. The van der Waals surface area contributed by atoms with Crippen molar-refractivity contribution in [2.45, 2.75) is 26.7 Å². The summed E-state index contributed by atoms with van der Waals surface area (Å²) in [7, 11) is 0. The van der Waals surface area contributed by atoms with Crippen molar-refractivity contribution >= 4 is 28.2 Å². The first-order valence-electron chi connectivity index (χ1n) is 7.30. The largest absolute Gasteiger partial charge is 0.478 e. The van der Waals surface area contributed by atoms with Gasteiger partial charge < -0.3 is 10.4 Å². The van der Waals surface area contributed by atoms with Gasteiger partial charge in [0.2, 0.25) is 5.91 Å². The molecule has 22 heavy (non-hydrogen) atoms. The lowest BCUT2D eigenvalue weighted by molar-refractivity contribution is -0.120. The predicted molar refractivity (Wildman–Crippen MR) is 89.4 cm³/mol. The smallest absolute Gasteiger partial charge is 0.338 e. The second kappa shape index (κ2) is 7.22. The van der Waals surface area contributed by atoms with Crippen molar-refractivity contribution in [2.24, 2.45) is 5.92 Å². The second-order valence-corrected chi connectivity index (χ2v) is 6.08. The van der Waals surface area contributed by atoms with Gasteiger partial charge in [-0.3, -0.25) is 4.79 Å². The van der Waals surface area contributed by atoms with E-state index in [9.17, 15) is 14.7 Å². The lowest BCUT2D eigenvalue weighted by atomic mass is 10.0. The van der Waals surface area contributed by atoms with Crippen molar-refractivity contribution in [2.75, 3.05) is 5.32 Å². The third-order valence-corrected chi connectivity index (χ3v) is 4.71. The van der Waals surface area contributed by atoms with Gasteiger partial charge in [-0.05, 0) is 24.5 Å². The van der Waals surface area contributed by atoms with Gasteiger partial charge in [-0.2, -0.15) is 0 Å². The maximum absolute atomic E-state index is 12.2. The SMILES string of the molecule is CCC(CC)C(=O)Nc1sc(-c2ccccc2)cc1C(=O)O. The van der Waals surface area contributed by atoms with E-state index in [0.29, 0.717) is 5.00 Å². The van der Waals surface area contributed by atoms with Gasteiger partial charge in [-0.1, -0.05) is 44.2 Å². The Kier molecular flexibility index (Phi) is 5.33. The molecular formula is C17H19NO3S. The summed E-state index contributed by atoms with van der Waals surface area (Å²) in [4.78, 5) is 24.4. The summed E-state index contributed by atoms with van der Waals surface area (Å²) in [5.74, 6) is -1.24. The van der Waals surface area contributed by atoms with Crippen LogP contribution in [-0.2, 0) is 4.79 Å². The molecule has 0 bridgehead atoms. The number of rotatable bonds is 6. The molecule has 0 aliphatic carbocycles. The number of anilines is 1. The Bertz CT molecular complexity index is 660. The molecule has 1 amide bonds. The molecule has 0 saturated heterocycles. The standard InChI is InChI=1S/C17H19NO3S/c1-3-11(4-2)15(19)18-16-13(17(20)21)10-14(22-16)12-8-6-5-7-9-12/h5-11H,3-4H2,1-2H3,(H,18,19)(H,20,21). The number of carbonyl (C=O) groups is 2. The molecule has 0 radical (unpaired) electrons. The fourth-order valence-electron chi connectivity index (χ4n) is 2.26. The molecular weight excluding hydrogens is 298 g/mol. The summed E-state index contributed by atoms with van der Waals surface area (Å²) >= 11 is 1.29. The zero-order valence-electron chi connectivity index (χ0n) is 12.6. The molecule has 116 valence electrons. The van der Waals surface area contributed by atoms with Crippen LogP contribution in [0.2, 0.25) is 0 Å². The monoisotopic (exact) mass is 317 g/mol. The fraction of sp³-hybridized carbons (Fsp3) is 0.294. The van der Waals surface area contributed by atoms with Gasteiger partial charge in [-0.15, -0.1) is 11.3 Å². The maximum Gasteiger partial charge on any atom is 0.338 e. The number of carboxylic acid groups (broad SMARTS) is 1. The normalized spacial score (nSPS) is 10.7. The van der Waals surface area contributed by atoms with Gasteiger partial charge in [0.15, 0.2) is 0 Å². The van der Waals surface area contributed by atoms with E-state index in [1.165, 1.54) is 11.3 Å². The molecule has 5 heteroatoms. The van der Waals surface area contributed by atoms with Crippen LogP contribution in [0.3, 0.4) is 0 Å². The Morgan fingerprint density at radius 2 is 1.82 bits per heavy atom. The van der Waals surface area contributed by atoms with Crippen molar-refractivity contribution in [1.82, 2.24) is 0 Å². The number of aromatic carboxylic acids is 1. The average molecular weight is 317 g/mol. The van der Waals surface area contributed by atoms with Gasteiger partial charge in [0.1, 0.15) is 5.00 Å². The number of amides is 1. The molecule has 2 N–H and O–H groups in total. The average Bonchev–Trinajstić information content (AvgIpc) is 2.93. The van der Waals surface area contributed by atoms with E-state index in [2.05, 4.69) is 5.32 Å². The van der Waals surface area contributed by atoms with E-state index in [1.54, 1.807) is 6.07 Å². The van der Waals surface area contributed by atoms with Crippen LogP contribution >= 0.6 is 11.3 Å². The highest BCUT2D eigenvalue weighted by Crippen LogP contribution is 2.35. The zero-order chi connectivity index (χ0) is 16.1. The summed E-state index contributed by atoms with van der Waals surface area (Å²) in [5.41, 5.74) is 1.08. The van der Waals surface area contributed by atoms with E-state index in [-0.39, 0.29) is 17.4 Å². The molecule has 2 rings (SSSR count). The number of benzene rings is 1. The van der Waals surface area contributed by atoms with E-state index in [1.807, 2.05) is 44.2 Å². The molecule has 0 saturated carbocycles. The van der Waals surface area contributed by atoms with Gasteiger partial charge >= 0.3 is 5.97 Å². The van der Waals surface area contributed by atoms with Crippen LogP contribution in [-0.4, -0.2) is 17.0 Å². The summed E-state index contributed by atoms with van der Waals surface area (Å²) in [6, 6.07) is 11.2. The minimum Gasteiger partial charge on any atom is -0.478 e. The highest BCUT2D eigenvalue weighted by Gasteiger charge is 2.21. The molecule has 0 aliphatic rings. The van der Waals surface area contributed by atoms with E-state index >= 15 is 0 Å². The van der Waals surface area contributed by atoms with Gasteiger partial charge in [-0.25, -0.2) is 4.79 Å². The highest BCUT2D eigenvalue weighted by atomic mass is 32.1. The molecule has 1 aromatic heterocycles. The predicted octanol–water partition coefficient (Wildman–Crippen LogP) is 4.49. The van der Waals surface area contributed by atoms with Crippen LogP contribution in [0.4, 0.5) is 5.00 Å². The second-order valence-electron chi connectivity index (χ2n) is 5.03. The third-order valence-electron chi connectivity index (χ3n) is 3.61. The van der Waals surface area contributed by atoms with Crippen molar-refractivity contribution in [3.8, 4) is 10.4 Å². The third kappa shape index (κ3) is 3.54. The van der Waals surface area contributed by atoms with E-state index in [4.69, 9.17) is 0 Å². The summed E-state index contributed by atoms with van der Waals surface area (Å²) in [6.07, 6.45) is 1.48. The Balaban J connectivity index is 2.33. The topological polar surface area (TPSA) is 66.4 Å².